The summed E-state index contributed by atoms with van der Waals surface area (Å²) in [5, 5.41) is 5.17. The number of hydrogen-bond acceptors (Lipinski definition) is 6. The second-order valence-electron chi connectivity index (χ2n) is 7.32. The second-order valence-corrected chi connectivity index (χ2v) is 8.26. The minimum absolute atomic E-state index is 0.0976. The van der Waals surface area contributed by atoms with E-state index >= 15 is 0 Å². The van der Waals surface area contributed by atoms with Crippen molar-refractivity contribution in [2.24, 2.45) is 0 Å². The maximum absolute atomic E-state index is 12.8. The molecule has 1 aliphatic carbocycles. The average Bonchev–Trinajstić information content (AvgIpc) is 3.19. The standard InChI is InChI=1S/C23H20N4O2S/c1-29-18-9-7-16(8-10-18)17-11-20-19(21(28)12-17)13-27-22(24-20)25-23(26-27)30-14-15-5-3-2-4-6-15/h2-10,13,17H,11-12,14H2,1H3/t17-/m0/s1. The normalized spacial score (nSPS) is 15.9. The number of rotatable bonds is 5. The lowest BCUT2D eigenvalue weighted by Crippen LogP contribution is -2.21. The predicted molar refractivity (Wildman–Crippen MR) is 115 cm³/mol. The van der Waals surface area contributed by atoms with E-state index in [-0.39, 0.29) is 11.7 Å². The summed E-state index contributed by atoms with van der Waals surface area (Å²) in [6.07, 6.45) is 2.96. The Labute approximate surface area is 178 Å². The van der Waals surface area contributed by atoms with Crippen LogP contribution in [0.3, 0.4) is 0 Å². The summed E-state index contributed by atoms with van der Waals surface area (Å²) in [6.45, 7) is 0. The van der Waals surface area contributed by atoms with Crippen LogP contribution in [0.15, 0.2) is 66.0 Å². The summed E-state index contributed by atoms with van der Waals surface area (Å²) >= 11 is 1.56. The van der Waals surface area contributed by atoms with Gasteiger partial charge in [0.1, 0.15) is 5.75 Å². The van der Waals surface area contributed by atoms with Gasteiger partial charge < -0.3 is 4.74 Å². The highest BCUT2D eigenvalue weighted by atomic mass is 32.2. The number of fused-ring (bicyclic) bond motifs is 2. The monoisotopic (exact) mass is 416 g/mol. The van der Waals surface area contributed by atoms with Gasteiger partial charge in [-0.1, -0.05) is 54.2 Å². The molecule has 30 heavy (non-hydrogen) atoms. The van der Waals surface area contributed by atoms with Crippen molar-refractivity contribution in [1.82, 2.24) is 19.6 Å². The number of methoxy groups -OCH3 is 1. The van der Waals surface area contributed by atoms with Crippen molar-refractivity contribution in [3.8, 4) is 5.75 Å². The lowest BCUT2D eigenvalue weighted by molar-refractivity contribution is 0.0962. The van der Waals surface area contributed by atoms with Gasteiger partial charge in [-0.25, -0.2) is 9.50 Å². The van der Waals surface area contributed by atoms with Crippen molar-refractivity contribution in [3.05, 3.63) is 83.2 Å². The number of ether oxygens (including phenoxy) is 1. The molecule has 2 aromatic carbocycles. The van der Waals surface area contributed by atoms with E-state index in [4.69, 9.17) is 4.74 Å². The van der Waals surface area contributed by atoms with Crippen LogP contribution in [0.4, 0.5) is 0 Å². The first-order valence-electron chi connectivity index (χ1n) is 9.80. The zero-order valence-corrected chi connectivity index (χ0v) is 17.3. The number of aromatic nitrogens is 4. The summed E-state index contributed by atoms with van der Waals surface area (Å²) in [6, 6.07) is 18.1. The number of carbonyl (C=O) groups excluding carboxylic acids is 1. The second kappa shape index (κ2) is 7.91. The van der Waals surface area contributed by atoms with Crippen LogP contribution < -0.4 is 4.74 Å². The first-order chi connectivity index (χ1) is 14.7. The van der Waals surface area contributed by atoms with Crippen LogP contribution in [0.1, 0.15) is 39.5 Å². The Morgan fingerprint density at radius 2 is 1.87 bits per heavy atom. The van der Waals surface area contributed by atoms with Gasteiger partial charge in [0.25, 0.3) is 5.78 Å². The number of benzene rings is 2. The van der Waals surface area contributed by atoms with Gasteiger partial charge in [-0.15, -0.1) is 5.10 Å². The Balaban J connectivity index is 1.39. The topological polar surface area (TPSA) is 69.4 Å². The van der Waals surface area contributed by atoms with Crippen LogP contribution in [0, 0.1) is 0 Å². The molecule has 5 rings (SSSR count). The van der Waals surface area contributed by atoms with Crippen LogP contribution in [0.2, 0.25) is 0 Å². The quantitative estimate of drug-likeness (QED) is 0.451. The van der Waals surface area contributed by atoms with E-state index in [2.05, 4.69) is 27.2 Å². The molecule has 1 atom stereocenters. The third-order valence-corrected chi connectivity index (χ3v) is 6.27. The predicted octanol–water partition coefficient (Wildman–Crippen LogP) is 4.34. The zero-order chi connectivity index (χ0) is 20.5. The molecule has 2 aromatic heterocycles. The number of hydrogen-bond donors (Lipinski definition) is 0. The van der Waals surface area contributed by atoms with E-state index in [1.165, 1.54) is 5.56 Å². The van der Waals surface area contributed by atoms with E-state index < -0.39 is 0 Å². The molecule has 4 aromatic rings. The highest BCUT2D eigenvalue weighted by Gasteiger charge is 2.28. The molecule has 150 valence electrons. The maximum atomic E-state index is 12.8. The molecule has 7 heteroatoms. The van der Waals surface area contributed by atoms with Crippen molar-refractivity contribution in [3.63, 3.8) is 0 Å². The SMILES string of the molecule is COc1ccc([C@@H]2CC(=O)c3cn4nc(SCc5ccccc5)nc4nc3C2)cc1. The van der Waals surface area contributed by atoms with Gasteiger partial charge in [0.2, 0.25) is 5.16 Å². The summed E-state index contributed by atoms with van der Waals surface area (Å²) in [5.41, 5.74) is 3.78. The smallest absolute Gasteiger partial charge is 0.253 e. The van der Waals surface area contributed by atoms with E-state index in [0.717, 1.165) is 22.8 Å². The molecule has 1 aliphatic rings. The molecule has 0 bridgehead atoms. The minimum atomic E-state index is 0.0976. The van der Waals surface area contributed by atoms with Gasteiger partial charge in [0.15, 0.2) is 5.78 Å². The minimum Gasteiger partial charge on any atom is -0.497 e. The fourth-order valence-electron chi connectivity index (χ4n) is 3.76. The van der Waals surface area contributed by atoms with Crippen molar-refractivity contribution in [2.45, 2.75) is 29.7 Å². The largest absolute Gasteiger partial charge is 0.497 e. The molecule has 0 radical (unpaired) electrons. The van der Waals surface area contributed by atoms with Gasteiger partial charge in [-0.3, -0.25) is 4.79 Å². The van der Waals surface area contributed by atoms with E-state index in [0.29, 0.717) is 29.3 Å². The van der Waals surface area contributed by atoms with Crippen LogP contribution in [-0.4, -0.2) is 32.5 Å². The average molecular weight is 417 g/mol. The lowest BCUT2D eigenvalue weighted by atomic mass is 9.82. The van der Waals surface area contributed by atoms with Gasteiger partial charge in [-0.2, -0.15) is 4.98 Å². The molecule has 0 saturated heterocycles. The van der Waals surface area contributed by atoms with E-state index in [1.807, 2.05) is 42.5 Å². The molecule has 0 N–H and O–H groups in total. The van der Waals surface area contributed by atoms with Gasteiger partial charge in [0.05, 0.1) is 18.4 Å². The van der Waals surface area contributed by atoms with E-state index in [9.17, 15) is 4.79 Å². The molecule has 0 amide bonds. The Hall–Kier alpha value is -3.19. The summed E-state index contributed by atoms with van der Waals surface area (Å²) in [4.78, 5) is 22.1. The summed E-state index contributed by atoms with van der Waals surface area (Å²) in [7, 11) is 1.65. The lowest BCUT2D eigenvalue weighted by Gasteiger charge is -2.23. The number of carbonyl (C=O) groups is 1. The molecule has 0 saturated carbocycles. The van der Waals surface area contributed by atoms with Crippen molar-refractivity contribution in [1.29, 1.82) is 0 Å². The van der Waals surface area contributed by atoms with Gasteiger partial charge in [0, 0.05) is 18.4 Å². The number of Topliss-reactive ketones (excluding diaryl/α,β-unsaturated/α-hetero) is 1. The Bertz CT molecular complexity index is 1210. The Morgan fingerprint density at radius 3 is 2.63 bits per heavy atom. The van der Waals surface area contributed by atoms with Crippen LogP contribution in [0.5, 0.6) is 5.75 Å². The summed E-state index contributed by atoms with van der Waals surface area (Å²) < 4.78 is 6.86. The van der Waals surface area contributed by atoms with Crippen LogP contribution in [-0.2, 0) is 12.2 Å². The fourth-order valence-corrected chi connectivity index (χ4v) is 4.54. The Morgan fingerprint density at radius 1 is 1.07 bits per heavy atom. The van der Waals surface area contributed by atoms with Crippen LogP contribution in [0.25, 0.3) is 5.78 Å². The highest BCUT2D eigenvalue weighted by molar-refractivity contribution is 7.98. The summed E-state index contributed by atoms with van der Waals surface area (Å²) in [5.74, 6) is 2.34. The molecule has 2 heterocycles. The molecule has 0 spiro atoms. The van der Waals surface area contributed by atoms with Gasteiger partial charge in [-0.05, 0) is 35.6 Å². The first-order valence-corrected chi connectivity index (χ1v) is 10.8. The molecule has 0 unspecified atom stereocenters. The molecular weight excluding hydrogens is 396 g/mol. The van der Waals surface area contributed by atoms with E-state index in [1.54, 1.807) is 29.6 Å². The fraction of sp³-hybridized carbons (Fsp3) is 0.217. The first kappa shape index (κ1) is 18.8. The molecule has 6 nitrogen and oxygen atoms in total. The number of thioether (sulfide) groups is 1. The van der Waals surface area contributed by atoms with Crippen molar-refractivity contribution >= 4 is 23.3 Å². The van der Waals surface area contributed by atoms with Crippen molar-refractivity contribution in [2.75, 3.05) is 7.11 Å². The molecule has 0 aliphatic heterocycles. The maximum Gasteiger partial charge on any atom is 0.253 e. The third kappa shape index (κ3) is 3.68. The van der Waals surface area contributed by atoms with Gasteiger partial charge >= 0.3 is 0 Å². The number of nitrogens with zero attached hydrogens (tertiary/aromatic N) is 4. The Kier molecular flexibility index (Phi) is 4.96. The molecule has 0 fully saturated rings. The molecular formula is C23H20N4O2S. The third-order valence-electron chi connectivity index (χ3n) is 5.36. The van der Waals surface area contributed by atoms with Crippen molar-refractivity contribution < 1.29 is 9.53 Å². The van der Waals surface area contributed by atoms with Crippen LogP contribution >= 0.6 is 11.8 Å². The zero-order valence-electron chi connectivity index (χ0n) is 16.5. The highest BCUT2D eigenvalue weighted by Crippen LogP contribution is 2.33. The number of ketones is 1.